The molecule has 2 aliphatic rings. The summed E-state index contributed by atoms with van der Waals surface area (Å²) in [6.07, 6.45) is -1.94. The van der Waals surface area contributed by atoms with Crippen molar-refractivity contribution in [3.63, 3.8) is 0 Å². The highest BCUT2D eigenvalue weighted by Crippen LogP contribution is 2.33. The fourth-order valence-corrected chi connectivity index (χ4v) is 8.93. The lowest BCUT2D eigenvalue weighted by atomic mass is 10.1. The van der Waals surface area contributed by atoms with E-state index in [0.29, 0.717) is 10.6 Å². The number of alkyl halides is 4. The van der Waals surface area contributed by atoms with E-state index in [1.807, 2.05) is 4.72 Å². The van der Waals surface area contributed by atoms with Gasteiger partial charge in [-0.05, 0) is 66.2 Å². The highest BCUT2D eigenvalue weighted by Gasteiger charge is 2.45. The second-order valence-corrected chi connectivity index (χ2v) is 18.8. The van der Waals surface area contributed by atoms with Gasteiger partial charge in [0.05, 0.1) is 14.7 Å². The monoisotopic (exact) mass is 844 g/mol. The summed E-state index contributed by atoms with van der Waals surface area (Å²) in [5, 5.41) is 5.24. The fraction of sp³-hybridized carbons (Fsp3) is 0.375. The molecule has 290 valence electrons. The summed E-state index contributed by atoms with van der Waals surface area (Å²) in [4.78, 5) is 23.9. The van der Waals surface area contributed by atoms with Gasteiger partial charge in [0.15, 0.2) is 9.84 Å². The van der Waals surface area contributed by atoms with Gasteiger partial charge in [-0.15, -0.1) is 0 Å². The summed E-state index contributed by atoms with van der Waals surface area (Å²) in [7, 11) is -12.0. The number of nitrogens with one attached hydrogen (secondary N) is 3. The summed E-state index contributed by atoms with van der Waals surface area (Å²) in [6.45, 7) is -0.881. The second kappa shape index (κ2) is 16.6. The lowest BCUT2D eigenvalue weighted by Crippen LogP contribution is -2.49. The quantitative estimate of drug-likeness (QED) is 0.266. The Morgan fingerprint density at radius 1 is 0.698 bits per heavy atom. The zero-order valence-corrected chi connectivity index (χ0v) is 31.7. The first kappa shape index (κ1) is 42.4. The molecular weight excluding hydrogens is 811 g/mol. The van der Waals surface area contributed by atoms with E-state index in [1.54, 1.807) is 0 Å². The molecule has 2 atom stereocenters. The lowest BCUT2D eigenvalue weighted by molar-refractivity contribution is -0.126. The maximum Gasteiger partial charge on any atom is 0.251 e. The molecule has 0 saturated carbocycles. The van der Waals surface area contributed by atoms with Crippen molar-refractivity contribution in [3.8, 4) is 0 Å². The molecule has 0 unspecified atom stereocenters. The molecule has 2 aliphatic heterocycles. The van der Waals surface area contributed by atoms with Crippen LogP contribution < -0.4 is 15.4 Å². The van der Waals surface area contributed by atoms with E-state index >= 15 is 0 Å². The first-order chi connectivity index (χ1) is 24.5. The minimum atomic E-state index is -4.39. The number of hydrogen-bond acceptors (Lipinski definition) is 8. The molecule has 0 aromatic heterocycles. The van der Waals surface area contributed by atoms with Crippen LogP contribution in [0.4, 0.5) is 17.6 Å². The number of sulfonamides is 2. The highest BCUT2D eigenvalue weighted by molar-refractivity contribution is 7.90. The number of rotatable bonds is 9. The van der Waals surface area contributed by atoms with Gasteiger partial charge in [-0.1, -0.05) is 35.3 Å². The molecule has 2 saturated heterocycles. The number of benzene rings is 3. The van der Waals surface area contributed by atoms with Crippen molar-refractivity contribution in [2.45, 2.75) is 70.8 Å². The zero-order chi connectivity index (χ0) is 39.4. The second-order valence-electron chi connectivity index (χ2n) is 12.3. The van der Waals surface area contributed by atoms with Crippen LogP contribution in [0.1, 0.15) is 31.2 Å². The molecule has 0 aliphatic carbocycles. The van der Waals surface area contributed by atoms with Gasteiger partial charge in [-0.2, -0.15) is 9.03 Å². The molecule has 53 heavy (non-hydrogen) atoms. The Bertz CT molecular complexity index is 2130. The molecule has 3 aromatic carbocycles. The van der Waals surface area contributed by atoms with E-state index in [9.17, 15) is 52.4 Å². The van der Waals surface area contributed by atoms with Crippen LogP contribution in [0.25, 0.3) is 0 Å². The van der Waals surface area contributed by atoms with Gasteiger partial charge >= 0.3 is 0 Å². The largest absolute Gasteiger partial charge is 0.354 e. The molecule has 3 N–H and O–H groups in total. The molecule has 2 fully saturated rings. The first-order valence-corrected chi connectivity index (χ1v) is 21.2. The number of nitrogens with zero attached hydrogens (tertiary/aromatic N) is 1. The molecular formula is C32H34Cl2F4N4O8S3. The van der Waals surface area contributed by atoms with Crippen molar-refractivity contribution in [1.29, 1.82) is 0 Å². The van der Waals surface area contributed by atoms with E-state index in [2.05, 4.69) is 10.6 Å². The minimum Gasteiger partial charge on any atom is -0.354 e. The molecule has 5 rings (SSSR count). The molecule has 2 amide bonds. The van der Waals surface area contributed by atoms with Crippen LogP contribution in [0.2, 0.25) is 10.0 Å². The number of halogens is 6. The third kappa shape index (κ3) is 11.6. The molecule has 12 nitrogen and oxygen atoms in total. The van der Waals surface area contributed by atoms with Crippen LogP contribution in [-0.4, -0.2) is 84.6 Å². The lowest BCUT2D eigenvalue weighted by Gasteiger charge is -2.30. The summed E-state index contributed by atoms with van der Waals surface area (Å²) < 4.78 is 133. The smallest absolute Gasteiger partial charge is 0.251 e. The molecule has 0 bridgehead atoms. The van der Waals surface area contributed by atoms with Gasteiger partial charge in [-0.25, -0.2) is 42.8 Å². The van der Waals surface area contributed by atoms with Crippen LogP contribution in [0.3, 0.4) is 0 Å². The number of carbonyl (C=O) groups is 2. The standard InChI is InChI=1S/C20H21ClF2N2O5S2.C12H13ClF2N2O3S/c1-31(27,28)16-6-2-14(3-7-16)13-25(18-12-20(22,23)10-11-24-19(18)26)32(29,30)17-8-4-15(21)5-9-17;13-8-1-3-9(4-2-8)21(19,20)17-10-7-12(14,15)5-6-16-11(10)18/h2-9,18H,10-13H2,1H3,(H,24,26);1-4,10,17H,5-7H2,(H,16,18)/t18-;10-/m11/s1. The highest BCUT2D eigenvalue weighted by atomic mass is 35.5. The maximum atomic E-state index is 14.3. The third-order valence-corrected chi connectivity index (χ3v) is 13.1. The predicted octanol–water partition coefficient (Wildman–Crippen LogP) is 4.38. The van der Waals surface area contributed by atoms with Crippen molar-refractivity contribution < 1.29 is 52.4 Å². The number of amides is 2. The SMILES string of the molecule is CS(=O)(=O)c1ccc(CN([C@@H]2CC(F)(F)CCNC2=O)S(=O)(=O)c2ccc(Cl)cc2)cc1.O=C1NCCC(F)(F)C[C@H]1NS(=O)(=O)c1ccc(Cl)cc1. The van der Waals surface area contributed by atoms with Crippen molar-refractivity contribution in [2.75, 3.05) is 19.3 Å². The zero-order valence-electron chi connectivity index (χ0n) is 27.7. The number of carbonyl (C=O) groups excluding carboxylic acids is 2. The van der Waals surface area contributed by atoms with Crippen LogP contribution in [0.15, 0.2) is 87.5 Å². The maximum absolute atomic E-state index is 14.3. The Labute approximate surface area is 314 Å². The van der Waals surface area contributed by atoms with Gasteiger partial charge in [0.2, 0.25) is 31.9 Å². The summed E-state index contributed by atoms with van der Waals surface area (Å²) in [5.74, 6) is -7.94. The Morgan fingerprint density at radius 2 is 1.15 bits per heavy atom. The van der Waals surface area contributed by atoms with Crippen LogP contribution >= 0.6 is 23.2 Å². The van der Waals surface area contributed by atoms with Gasteiger partial charge in [0, 0.05) is 61.6 Å². The molecule has 0 spiro atoms. The predicted molar refractivity (Wildman–Crippen MR) is 187 cm³/mol. The van der Waals surface area contributed by atoms with Crippen molar-refractivity contribution >= 4 is 64.9 Å². The average Bonchev–Trinajstić information content (AvgIpc) is 3.27. The topological polar surface area (TPSA) is 176 Å². The van der Waals surface area contributed by atoms with E-state index in [1.165, 1.54) is 72.8 Å². The Kier molecular flexibility index (Phi) is 13.3. The third-order valence-electron chi connectivity index (χ3n) is 8.07. The molecule has 2 heterocycles. The van der Waals surface area contributed by atoms with E-state index in [-0.39, 0.29) is 32.8 Å². The molecule has 21 heteroatoms. The number of sulfone groups is 1. The van der Waals surface area contributed by atoms with Gasteiger partial charge in [0.1, 0.15) is 12.1 Å². The van der Waals surface area contributed by atoms with E-state index in [4.69, 9.17) is 23.2 Å². The average molecular weight is 846 g/mol. The fourth-order valence-electron chi connectivity index (χ4n) is 5.27. The van der Waals surface area contributed by atoms with Crippen LogP contribution in [-0.2, 0) is 46.0 Å². The summed E-state index contributed by atoms with van der Waals surface area (Å²) in [6, 6.07) is 12.5. The van der Waals surface area contributed by atoms with E-state index in [0.717, 1.165) is 10.6 Å². The van der Waals surface area contributed by atoms with Gasteiger partial charge in [0.25, 0.3) is 11.8 Å². The van der Waals surface area contributed by atoms with Gasteiger partial charge in [-0.3, -0.25) is 9.59 Å². The normalized spacial score (nSPS) is 20.6. The summed E-state index contributed by atoms with van der Waals surface area (Å²) >= 11 is 11.5. The van der Waals surface area contributed by atoms with Crippen LogP contribution in [0, 0.1) is 0 Å². The Morgan fingerprint density at radius 3 is 1.66 bits per heavy atom. The van der Waals surface area contributed by atoms with E-state index < -0.39 is 97.9 Å². The van der Waals surface area contributed by atoms with Crippen LogP contribution in [0.5, 0.6) is 0 Å². The van der Waals surface area contributed by atoms with Crippen molar-refractivity contribution in [2.24, 2.45) is 0 Å². The minimum absolute atomic E-state index is 0.0205. The van der Waals surface area contributed by atoms with Crippen molar-refractivity contribution in [3.05, 3.63) is 88.4 Å². The number of hydrogen-bond donors (Lipinski definition) is 3. The summed E-state index contributed by atoms with van der Waals surface area (Å²) in [5.41, 5.74) is 0.329. The van der Waals surface area contributed by atoms with Gasteiger partial charge < -0.3 is 10.6 Å². The van der Waals surface area contributed by atoms with Crippen molar-refractivity contribution in [1.82, 2.24) is 19.7 Å². The Balaban J connectivity index is 0.000000258. The molecule has 0 radical (unpaired) electrons. The molecule has 3 aromatic rings. The Hall–Kier alpha value is -3.33. The first-order valence-electron chi connectivity index (χ1n) is 15.6.